The summed E-state index contributed by atoms with van der Waals surface area (Å²) in [5.74, 6) is -0.983. The van der Waals surface area contributed by atoms with Crippen LogP contribution in [0.4, 0.5) is 4.79 Å². The van der Waals surface area contributed by atoms with Gasteiger partial charge in [0.05, 0.1) is 0 Å². The first kappa shape index (κ1) is 16.8. The van der Waals surface area contributed by atoms with Gasteiger partial charge in [-0.25, -0.2) is 4.79 Å². The third-order valence-electron chi connectivity index (χ3n) is 3.96. The Morgan fingerprint density at radius 3 is 2.00 bits per heavy atom. The van der Waals surface area contributed by atoms with Crippen LogP contribution in [0.5, 0.6) is 0 Å². The first-order valence-corrected chi connectivity index (χ1v) is 7.04. The standard InChI is InChI=1S/C14H27N3O3/c1-10-7-16(8-11(2)15(10)6)13(20)17(9-12(18)19)14(3,4)5/h10-11H,7-9H2,1-6H3,(H,18,19). The maximum absolute atomic E-state index is 12.6. The molecule has 0 aromatic heterocycles. The molecular formula is C14H27N3O3. The minimum atomic E-state index is -0.983. The van der Waals surface area contributed by atoms with E-state index >= 15 is 0 Å². The molecule has 1 fully saturated rings. The number of likely N-dealkylation sites (N-methyl/N-ethyl adjacent to an activating group) is 1. The van der Waals surface area contributed by atoms with Crippen molar-refractivity contribution in [2.24, 2.45) is 0 Å². The average molecular weight is 285 g/mol. The van der Waals surface area contributed by atoms with E-state index in [-0.39, 0.29) is 24.7 Å². The number of hydrogen-bond acceptors (Lipinski definition) is 3. The van der Waals surface area contributed by atoms with E-state index in [1.165, 1.54) is 4.90 Å². The summed E-state index contributed by atoms with van der Waals surface area (Å²) in [4.78, 5) is 29.1. The number of carboxylic acid groups (broad SMARTS) is 1. The highest BCUT2D eigenvalue weighted by atomic mass is 16.4. The van der Waals surface area contributed by atoms with Crippen molar-refractivity contribution in [2.75, 3.05) is 26.7 Å². The largest absolute Gasteiger partial charge is 0.480 e. The molecule has 2 atom stereocenters. The Morgan fingerprint density at radius 1 is 1.20 bits per heavy atom. The van der Waals surface area contributed by atoms with Crippen molar-refractivity contribution in [2.45, 2.75) is 52.2 Å². The Labute approximate surface area is 121 Å². The number of aliphatic carboxylic acids is 1. The van der Waals surface area contributed by atoms with Crippen molar-refractivity contribution < 1.29 is 14.7 Å². The summed E-state index contributed by atoms with van der Waals surface area (Å²) in [5, 5.41) is 9.02. The second kappa shape index (κ2) is 5.99. The van der Waals surface area contributed by atoms with Gasteiger partial charge in [0.15, 0.2) is 0 Å². The highest BCUT2D eigenvalue weighted by Crippen LogP contribution is 2.20. The molecule has 1 heterocycles. The summed E-state index contributed by atoms with van der Waals surface area (Å²) in [5.41, 5.74) is -0.509. The van der Waals surface area contributed by atoms with Gasteiger partial charge < -0.3 is 14.9 Å². The molecule has 0 aliphatic carbocycles. The lowest BCUT2D eigenvalue weighted by molar-refractivity contribution is -0.138. The van der Waals surface area contributed by atoms with Gasteiger partial charge in [-0.1, -0.05) is 0 Å². The molecule has 0 saturated carbocycles. The highest BCUT2D eigenvalue weighted by molar-refractivity contribution is 5.81. The fourth-order valence-electron chi connectivity index (χ4n) is 2.46. The third-order valence-corrected chi connectivity index (χ3v) is 3.96. The molecule has 6 nitrogen and oxygen atoms in total. The first-order chi connectivity index (χ1) is 9.04. The van der Waals surface area contributed by atoms with Crippen LogP contribution in [0.2, 0.25) is 0 Å². The molecule has 1 aliphatic rings. The van der Waals surface area contributed by atoms with E-state index in [0.717, 1.165) is 0 Å². The average Bonchev–Trinajstić information content (AvgIpc) is 2.30. The first-order valence-electron chi connectivity index (χ1n) is 7.04. The molecule has 1 aliphatic heterocycles. The molecule has 2 unspecified atom stereocenters. The van der Waals surface area contributed by atoms with E-state index in [9.17, 15) is 9.59 Å². The van der Waals surface area contributed by atoms with Crippen LogP contribution in [-0.2, 0) is 4.79 Å². The molecule has 0 aromatic rings. The number of nitrogens with zero attached hydrogens (tertiary/aromatic N) is 3. The Hall–Kier alpha value is -1.30. The predicted octanol–water partition coefficient (Wildman–Crippen LogP) is 1.32. The fraction of sp³-hybridized carbons (Fsp3) is 0.857. The molecule has 0 spiro atoms. The maximum atomic E-state index is 12.6. The van der Waals surface area contributed by atoms with E-state index in [1.54, 1.807) is 4.90 Å². The maximum Gasteiger partial charge on any atom is 0.323 e. The molecule has 6 heteroatoms. The van der Waals surface area contributed by atoms with Crippen molar-refractivity contribution in [3.8, 4) is 0 Å². The number of carbonyl (C=O) groups is 2. The van der Waals surface area contributed by atoms with Gasteiger partial charge in [-0.3, -0.25) is 9.69 Å². The van der Waals surface area contributed by atoms with Crippen molar-refractivity contribution in [3.63, 3.8) is 0 Å². The lowest BCUT2D eigenvalue weighted by Crippen LogP contribution is -2.61. The van der Waals surface area contributed by atoms with Gasteiger partial charge >= 0.3 is 12.0 Å². The van der Waals surface area contributed by atoms with Crippen LogP contribution in [0.25, 0.3) is 0 Å². The quantitative estimate of drug-likeness (QED) is 0.831. The highest BCUT2D eigenvalue weighted by Gasteiger charge is 2.36. The van der Waals surface area contributed by atoms with E-state index in [4.69, 9.17) is 5.11 Å². The lowest BCUT2D eigenvalue weighted by Gasteiger charge is -2.45. The number of carbonyl (C=O) groups excluding carboxylic acids is 1. The van der Waals surface area contributed by atoms with Crippen LogP contribution >= 0.6 is 0 Å². The Balaban J connectivity index is 2.87. The number of hydrogen-bond donors (Lipinski definition) is 1. The van der Waals surface area contributed by atoms with Gasteiger partial charge in [-0.05, 0) is 41.7 Å². The zero-order valence-electron chi connectivity index (χ0n) is 13.4. The van der Waals surface area contributed by atoms with Crippen molar-refractivity contribution in [1.82, 2.24) is 14.7 Å². The molecule has 1 N–H and O–H groups in total. The molecule has 20 heavy (non-hydrogen) atoms. The summed E-state index contributed by atoms with van der Waals surface area (Å²) in [6.07, 6.45) is 0. The Morgan fingerprint density at radius 2 is 1.65 bits per heavy atom. The summed E-state index contributed by atoms with van der Waals surface area (Å²) in [6.45, 7) is 10.7. The van der Waals surface area contributed by atoms with Gasteiger partial charge in [0.25, 0.3) is 0 Å². The summed E-state index contributed by atoms with van der Waals surface area (Å²) in [6, 6.07) is 0.357. The lowest BCUT2D eigenvalue weighted by atomic mass is 10.1. The molecular weight excluding hydrogens is 258 g/mol. The van der Waals surface area contributed by atoms with Crippen molar-refractivity contribution in [1.29, 1.82) is 0 Å². The molecule has 116 valence electrons. The van der Waals surface area contributed by atoms with Crippen LogP contribution in [0, 0.1) is 0 Å². The molecule has 1 rings (SSSR count). The third kappa shape index (κ3) is 3.85. The van der Waals surface area contributed by atoms with Gasteiger partial charge in [-0.15, -0.1) is 0 Å². The Kier molecular flexibility index (Phi) is 5.02. The van der Waals surface area contributed by atoms with Crippen LogP contribution in [-0.4, -0.2) is 76.1 Å². The summed E-state index contributed by atoms with van der Waals surface area (Å²) in [7, 11) is 2.05. The smallest absolute Gasteiger partial charge is 0.323 e. The molecule has 2 amide bonds. The van der Waals surface area contributed by atoms with E-state index < -0.39 is 11.5 Å². The predicted molar refractivity (Wildman–Crippen MR) is 77.8 cm³/mol. The van der Waals surface area contributed by atoms with Crippen LogP contribution < -0.4 is 0 Å². The van der Waals surface area contributed by atoms with Gasteiger partial charge in [-0.2, -0.15) is 0 Å². The summed E-state index contributed by atoms with van der Waals surface area (Å²) < 4.78 is 0. The number of amides is 2. The van der Waals surface area contributed by atoms with E-state index in [0.29, 0.717) is 13.1 Å². The molecule has 0 aromatic carbocycles. The summed E-state index contributed by atoms with van der Waals surface area (Å²) >= 11 is 0. The van der Waals surface area contributed by atoms with Crippen molar-refractivity contribution in [3.05, 3.63) is 0 Å². The number of carboxylic acids is 1. The number of rotatable bonds is 2. The van der Waals surface area contributed by atoms with Gasteiger partial charge in [0, 0.05) is 30.7 Å². The zero-order valence-corrected chi connectivity index (χ0v) is 13.4. The second-order valence-electron chi connectivity index (χ2n) is 6.70. The number of urea groups is 1. The van der Waals surface area contributed by atoms with Crippen LogP contribution in [0.3, 0.4) is 0 Å². The van der Waals surface area contributed by atoms with E-state index in [2.05, 4.69) is 25.8 Å². The van der Waals surface area contributed by atoms with E-state index in [1.807, 2.05) is 20.8 Å². The monoisotopic (exact) mass is 285 g/mol. The minimum Gasteiger partial charge on any atom is -0.480 e. The zero-order chi connectivity index (χ0) is 15.7. The van der Waals surface area contributed by atoms with Gasteiger partial charge in [0.1, 0.15) is 6.54 Å². The minimum absolute atomic E-state index is 0.188. The fourth-order valence-corrected chi connectivity index (χ4v) is 2.46. The molecule has 1 saturated heterocycles. The van der Waals surface area contributed by atoms with Gasteiger partial charge in [0.2, 0.25) is 0 Å². The van der Waals surface area contributed by atoms with Crippen molar-refractivity contribution >= 4 is 12.0 Å². The number of piperazine rings is 1. The Bertz CT molecular complexity index is 366. The normalized spacial score (nSPS) is 24.6. The SMILES string of the molecule is CC1CN(C(=O)N(CC(=O)O)C(C)(C)C)CC(C)N1C. The van der Waals surface area contributed by atoms with Crippen LogP contribution in [0.15, 0.2) is 0 Å². The second-order valence-corrected chi connectivity index (χ2v) is 6.70. The molecule has 0 bridgehead atoms. The molecule has 0 radical (unpaired) electrons. The van der Waals surface area contributed by atoms with Crippen LogP contribution in [0.1, 0.15) is 34.6 Å². The topological polar surface area (TPSA) is 64.1 Å².